The summed E-state index contributed by atoms with van der Waals surface area (Å²) >= 11 is 0. The molecule has 2 rings (SSSR count). The Bertz CT molecular complexity index is 1090. The molecule has 0 bridgehead atoms. The number of carbonyl (C=O) groups is 1. The van der Waals surface area contributed by atoms with Crippen molar-refractivity contribution in [2.24, 2.45) is 5.41 Å². The van der Waals surface area contributed by atoms with E-state index in [4.69, 9.17) is 4.74 Å². The molecule has 0 aliphatic carbocycles. The van der Waals surface area contributed by atoms with Crippen LogP contribution in [-0.4, -0.2) is 43.3 Å². The summed E-state index contributed by atoms with van der Waals surface area (Å²) in [5.74, 6) is -0.511. The van der Waals surface area contributed by atoms with E-state index >= 15 is 0 Å². The van der Waals surface area contributed by atoms with E-state index in [1.807, 2.05) is 0 Å². The molecule has 4 N–H and O–H groups in total. The van der Waals surface area contributed by atoms with Gasteiger partial charge < -0.3 is 24.3 Å². The third-order valence-electron chi connectivity index (χ3n) is 7.30. The molecular weight excluding hydrogens is 502 g/mol. The van der Waals surface area contributed by atoms with Gasteiger partial charge in [-0.25, -0.2) is 0 Å². The maximum atomic E-state index is 14.6. The van der Waals surface area contributed by atoms with Gasteiger partial charge in [-0.2, -0.15) is 0 Å². The molecular formula is C26H38O8P2. The maximum Gasteiger partial charge on any atom is 0.328 e. The lowest BCUT2D eigenvalue weighted by atomic mass is 9.62. The predicted octanol–water partition coefficient (Wildman–Crippen LogP) is 5.50. The molecule has 0 saturated heterocycles. The van der Waals surface area contributed by atoms with E-state index in [0.717, 1.165) is 0 Å². The molecule has 0 fully saturated rings. The van der Waals surface area contributed by atoms with Crippen molar-refractivity contribution in [3.63, 3.8) is 0 Å². The number of ketones is 1. The van der Waals surface area contributed by atoms with Crippen LogP contribution in [0.4, 0.5) is 0 Å². The largest absolute Gasteiger partial charge is 0.354 e. The minimum absolute atomic E-state index is 0.168. The highest BCUT2D eigenvalue weighted by Crippen LogP contribution is 2.59. The van der Waals surface area contributed by atoms with Crippen molar-refractivity contribution in [2.45, 2.75) is 64.6 Å². The Morgan fingerprint density at radius 1 is 0.722 bits per heavy atom. The van der Waals surface area contributed by atoms with Crippen molar-refractivity contribution in [1.29, 1.82) is 0 Å². The van der Waals surface area contributed by atoms with Gasteiger partial charge in [-0.3, -0.25) is 13.9 Å². The van der Waals surface area contributed by atoms with Crippen LogP contribution >= 0.6 is 15.2 Å². The number of ether oxygens (including phenoxy) is 1. The SMILES string of the molecule is CCC(CC)(CP(=O)(O)O)OC(C(=O)c1ccccc1)(c1ccccc1)C(CC)(CC)CP(=O)(O)O. The molecule has 0 radical (unpaired) electrons. The molecule has 0 saturated carbocycles. The molecule has 0 spiro atoms. The van der Waals surface area contributed by atoms with Crippen molar-refractivity contribution in [3.8, 4) is 0 Å². The Hall–Kier alpha value is -1.63. The van der Waals surface area contributed by atoms with E-state index in [9.17, 15) is 33.5 Å². The van der Waals surface area contributed by atoms with Gasteiger partial charge in [0, 0.05) is 11.0 Å². The van der Waals surface area contributed by atoms with Crippen molar-refractivity contribution in [1.82, 2.24) is 0 Å². The fraction of sp³-hybridized carbons (Fsp3) is 0.500. The second kappa shape index (κ2) is 11.8. The van der Waals surface area contributed by atoms with Crippen molar-refractivity contribution in [2.75, 3.05) is 12.3 Å². The molecule has 0 aliphatic heterocycles. The van der Waals surface area contributed by atoms with Crippen molar-refractivity contribution >= 4 is 21.0 Å². The Balaban J connectivity index is 3.06. The van der Waals surface area contributed by atoms with Crippen LogP contribution in [0.15, 0.2) is 60.7 Å². The van der Waals surface area contributed by atoms with Gasteiger partial charge in [0.2, 0.25) is 0 Å². The highest BCUT2D eigenvalue weighted by atomic mass is 31.2. The third-order valence-corrected chi connectivity index (χ3v) is 9.30. The van der Waals surface area contributed by atoms with E-state index in [-0.39, 0.29) is 31.2 Å². The summed E-state index contributed by atoms with van der Waals surface area (Å²) < 4.78 is 31.6. The summed E-state index contributed by atoms with van der Waals surface area (Å²) in [6.07, 6.45) is -0.596. The Morgan fingerprint density at radius 3 is 1.56 bits per heavy atom. The molecule has 36 heavy (non-hydrogen) atoms. The monoisotopic (exact) mass is 540 g/mol. The zero-order valence-electron chi connectivity index (χ0n) is 21.3. The smallest absolute Gasteiger partial charge is 0.328 e. The lowest BCUT2D eigenvalue weighted by molar-refractivity contribution is -0.187. The van der Waals surface area contributed by atoms with Crippen LogP contribution in [0.2, 0.25) is 0 Å². The van der Waals surface area contributed by atoms with Gasteiger partial charge in [0.1, 0.15) is 0 Å². The molecule has 2 aromatic carbocycles. The molecule has 0 heterocycles. The molecule has 8 nitrogen and oxygen atoms in total. The van der Waals surface area contributed by atoms with Crippen LogP contribution in [0.25, 0.3) is 0 Å². The average molecular weight is 541 g/mol. The number of rotatable bonds is 14. The minimum atomic E-state index is -4.68. The fourth-order valence-electron chi connectivity index (χ4n) is 5.18. The zero-order valence-corrected chi connectivity index (χ0v) is 23.1. The predicted molar refractivity (Wildman–Crippen MR) is 140 cm³/mol. The Labute approximate surface area is 213 Å². The molecule has 200 valence electrons. The molecule has 0 amide bonds. The van der Waals surface area contributed by atoms with Crippen LogP contribution in [-0.2, 0) is 19.5 Å². The number of hydrogen-bond acceptors (Lipinski definition) is 4. The summed E-state index contributed by atoms with van der Waals surface area (Å²) in [4.78, 5) is 54.9. The van der Waals surface area contributed by atoms with Crippen LogP contribution in [0.5, 0.6) is 0 Å². The van der Waals surface area contributed by atoms with Crippen LogP contribution in [0.3, 0.4) is 0 Å². The first-order chi connectivity index (χ1) is 16.7. The highest BCUT2D eigenvalue weighted by molar-refractivity contribution is 7.52. The van der Waals surface area contributed by atoms with Gasteiger partial charge in [0.05, 0.1) is 17.9 Å². The van der Waals surface area contributed by atoms with Crippen LogP contribution < -0.4 is 0 Å². The highest BCUT2D eigenvalue weighted by Gasteiger charge is 2.61. The lowest BCUT2D eigenvalue weighted by Crippen LogP contribution is -2.59. The second-order valence-electron chi connectivity index (χ2n) is 9.37. The molecule has 0 aromatic heterocycles. The molecule has 1 atom stereocenters. The molecule has 10 heteroatoms. The Kier molecular flexibility index (Phi) is 10.1. The first-order valence-electron chi connectivity index (χ1n) is 12.2. The van der Waals surface area contributed by atoms with E-state index in [2.05, 4.69) is 0 Å². The molecule has 2 aromatic rings. The normalized spacial score (nSPS) is 14.9. The van der Waals surface area contributed by atoms with Gasteiger partial charge in [-0.05, 0) is 31.2 Å². The standard InChI is InChI=1S/C26H38O8P2/c1-5-24(6-2,19-35(28,29)30)26(22-17-13-10-14-18-22,23(27)21-15-11-9-12-16-21)34-25(7-3,8-4)20-36(31,32)33/h9-18H,5-8,19-20H2,1-4H3,(H2,28,29,30)(H2,31,32,33). The fourth-order valence-corrected chi connectivity index (χ4v) is 7.91. The first kappa shape index (κ1) is 30.6. The number of hydrogen-bond donors (Lipinski definition) is 4. The summed E-state index contributed by atoms with van der Waals surface area (Å²) in [5, 5.41) is 0. The van der Waals surface area contributed by atoms with Gasteiger partial charge in [0.25, 0.3) is 0 Å². The number of Topliss-reactive ketones (excluding diaryl/α,β-unsaturated/α-hetero) is 1. The summed E-state index contributed by atoms with van der Waals surface area (Å²) in [6.45, 7) is 6.96. The zero-order chi connectivity index (χ0) is 27.3. The summed E-state index contributed by atoms with van der Waals surface area (Å²) in [7, 11) is -9.28. The summed E-state index contributed by atoms with van der Waals surface area (Å²) in [6, 6.07) is 16.9. The third kappa shape index (κ3) is 6.62. The van der Waals surface area contributed by atoms with E-state index in [1.54, 1.807) is 88.4 Å². The van der Waals surface area contributed by atoms with E-state index < -0.39 is 49.9 Å². The van der Waals surface area contributed by atoms with Gasteiger partial charge in [-0.1, -0.05) is 88.4 Å². The molecule has 0 aliphatic rings. The number of benzene rings is 2. The quantitative estimate of drug-likeness (QED) is 0.182. The van der Waals surface area contributed by atoms with Crippen LogP contribution in [0, 0.1) is 5.41 Å². The Morgan fingerprint density at radius 2 is 1.17 bits per heavy atom. The van der Waals surface area contributed by atoms with E-state index in [0.29, 0.717) is 5.56 Å². The first-order valence-corrected chi connectivity index (χ1v) is 15.8. The summed E-state index contributed by atoms with van der Waals surface area (Å²) in [5.41, 5.74) is -4.13. The van der Waals surface area contributed by atoms with Gasteiger partial charge in [0.15, 0.2) is 11.4 Å². The topological polar surface area (TPSA) is 141 Å². The number of carbonyl (C=O) groups excluding carboxylic acids is 1. The van der Waals surface area contributed by atoms with Crippen LogP contribution in [0.1, 0.15) is 69.3 Å². The van der Waals surface area contributed by atoms with E-state index in [1.165, 1.54) is 0 Å². The van der Waals surface area contributed by atoms with Gasteiger partial charge in [-0.15, -0.1) is 0 Å². The second-order valence-corrected chi connectivity index (χ2v) is 12.7. The molecule has 1 unspecified atom stereocenters. The minimum Gasteiger partial charge on any atom is -0.354 e. The maximum absolute atomic E-state index is 14.6. The lowest BCUT2D eigenvalue weighted by Gasteiger charge is -2.53. The average Bonchev–Trinajstić information content (AvgIpc) is 2.84. The van der Waals surface area contributed by atoms with Gasteiger partial charge >= 0.3 is 15.2 Å². The van der Waals surface area contributed by atoms with Crippen molar-refractivity contribution in [3.05, 3.63) is 71.8 Å². The van der Waals surface area contributed by atoms with Crippen molar-refractivity contribution < 1.29 is 38.2 Å².